The highest BCUT2D eigenvalue weighted by molar-refractivity contribution is 7.99. The van der Waals surface area contributed by atoms with E-state index in [9.17, 15) is 4.79 Å². The van der Waals surface area contributed by atoms with E-state index in [0.717, 1.165) is 13.0 Å². The molecule has 2 aromatic rings. The zero-order chi connectivity index (χ0) is 13.3. The van der Waals surface area contributed by atoms with Gasteiger partial charge in [0, 0.05) is 25.5 Å². The number of nitrogens with zero attached hydrogens (tertiary/aromatic N) is 5. The van der Waals surface area contributed by atoms with Crippen molar-refractivity contribution in [1.29, 1.82) is 0 Å². The molecule has 2 aromatic heterocycles. The topological polar surface area (TPSA) is 85.6 Å². The second kappa shape index (κ2) is 7.47. The fourth-order valence-corrected chi connectivity index (χ4v) is 1.99. The summed E-state index contributed by atoms with van der Waals surface area (Å²) < 4.78 is 1.73. The highest BCUT2D eigenvalue weighted by Gasteiger charge is 2.03. The predicted octanol–water partition coefficient (Wildman–Crippen LogP) is 0.367. The Morgan fingerprint density at radius 1 is 1.37 bits per heavy atom. The van der Waals surface area contributed by atoms with Crippen LogP contribution in [0, 0.1) is 0 Å². The molecule has 0 saturated heterocycles. The number of thioether (sulfide) groups is 1. The van der Waals surface area contributed by atoms with E-state index in [1.165, 1.54) is 18.1 Å². The second-order valence-corrected chi connectivity index (χ2v) is 4.62. The summed E-state index contributed by atoms with van der Waals surface area (Å²) in [6.45, 7) is 1.37. The van der Waals surface area contributed by atoms with Gasteiger partial charge in [-0.1, -0.05) is 11.8 Å². The summed E-state index contributed by atoms with van der Waals surface area (Å²) in [6, 6.07) is 1.74. The first kappa shape index (κ1) is 13.5. The Bertz CT molecular complexity index is 489. The Labute approximate surface area is 114 Å². The molecule has 0 bridgehead atoms. The summed E-state index contributed by atoms with van der Waals surface area (Å²) >= 11 is 1.32. The predicted molar refractivity (Wildman–Crippen MR) is 70.4 cm³/mol. The van der Waals surface area contributed by atoms with E-state index in [2.05, 4.69) is 25.4 Å². The van der Waals surface area contributed by atoms with Crippen LogP contribution in [0.15, 0.2) is 36.3 Å². The molecule has 0 atom stereocenters. The molecule has 1 N–H and O–H groups in total. The lowest BCUT2D eigenvalue weighted by Gasteiger charge is -2.04. The normalized spacial score (nSPS) is 10.3. The molecule has 19 heavy (non-hydrogen) atoms. The molecule has 8 heteroatoms. The number of nitrogens with one attached hydrogen (secondary N) is 1. The van der Waals surface area contributed by atoms with Gasteiger partial charge < -0.3 is 5.32 Å². The summed E-state index contributed by atoms with van der Waals surface area (Å²) in [5.74, 6) is 0.309. The van der Waals surface area contributed by atoms with Gasteiger partial charge in [-0.2, -0.15) is 5.10 Å². The molecular weight excluding hydrogens is 264 g/mol. The Morgan fingerprint density at radius 2 is 2.21 bits per heavy atom. The largest absolute Gasteiger partial charge is 0.355 e. The van der Waals surface area contributed by atoms with Crippen LogP contribution in [0.4, 0.5) is 0 Å². The maximum atomic E-state index is 11.6. The van der Waals surface area contributed by atoms with Gasteiger partial charge in [-0.3, -0.25) is 9.48 Å². The van der Waals surface area contributed by atoms with Crippen molar-refractivity contribution in [1.82, 2.24) is 30.0 Å². The smallest absolute Gasteiger partial charge is 0.230 e. The number of hydrogen-bond acceptors (Lipinski definition) is 6. The molecule has 7 nitrogen and oxygen atoms in total. The van der Waals surface area contributed by atoms with E-state index in [-0.39, 0.29) is 5.91 Å². The van der Waals surface area contributed by atoms with Crippen LogP contribution in [-0.2, 0) is 11.3 Å². The van der Waals surface area contributed by atoms with Crippen LogP contribution in [0.2, 0.25) is 0 Å². The Kier molecular flexibility index (Phi) is 5.30. The molecule has 0 saturated carbocycles. The first-order valence-corrected chi connectivity index (χ1v) is 6.82. The van der Waals surface area contributed by atoms with Gasteiger partial charge in [0.1, 0.15) is 12.7 Å². The highest BCUT2D eigenvalue weighted by Crippen LogP contribution is 2.09. The van der Waals surface area contributed by atoms with E-state index in [1.807, 2.05) is 0 Å². The molecule has 2 rings (SSSR count). The first-order valence-electron chi connectivity index (χ1n) is 5.83. The van der Waals surface area contributed by atoms with Crippen molar-refractivity contribution in [3.63, 3.8) is 0 Å². The van der Waals surface area contributed by atoms with E-state index >= 15 is 0 Å². The fraction of sp³-hybridized carbons (Fsp3) is 0.364. The molecule has 2 heterocycles. The number of aromatic nitrogens is 5. The molecule has 0 aromatic carbocycles. The fourth-order valence-electron chi connectivity index (χ4n) is 1.36. The summed E-state index contributed by atoms with van der Waals surface area (Å²) in [5.41, 5.74) is 0. The van der Waals surface area contributed by atoms with E-state index in [4.69, 9.17) is 0 Å². The number of carbonyl (C=O) groups excluding carboxylic acids is 1. The summed E-state index contributed by atoms with van der Waals surface area (Å²) in [7, 11) is 0. The zero-order valence-electron chi connectivity index (χ0n) is 10.3. The highest BCUT2D eigenvalue weighted by atomic mass is 32.2. The van der Waals surface area contributed by atoms with Crippen LogP contribution in [0.1, 0.15) is 6.42 Å². The number of amides is 1. The maximum Gasteiger partial charge on any atom is 0.230 e. The van der Waals surface area contributed by atoms with Gasteiger partial charge in [-0.15, -0.1) is 0 Å². The van der Waals surface area contributed by atoms with Crippen LogP contribution in [-0.4, -0.2) is 42.9 Å². The summed E-state index contributed by atoms with van der Waals surface area (Å²) in [5, 5.41) is 7.43. The minimum Gasteiger partial charge on any atom is -0.355 e. The van der Waals surface area contributed by atoms with E-state index in [0.29, 0.717) is 17.5 Å². The number of carbonyl (C=O) groups is 1. The van der Waals surface area contributed by atoms with E-state index < -0.39 is 0 Å². The molecule has 0 radical (unpaired) electrons. The molecule has 0 aliphatic carbocycles. The minimum atomic E-state index is -0.0176. The Hall–Kier alpha value is -1.96. The van der Waals surface area contributed by atoms with Gasteiger partial charge in [0.2, 0.25) is 5.91 Å². The third-order valence-corrected chi connectivity index (χ3v) is 3.10. The second-order valence-electron chi connectivity index (χ2n) is 3.68. The lowest BCUT2D eigenvalue weighted by molar-refractivity contribution is -0.118. The van der Waals surface area contributed by atoms with Crippen molar-refractivity contribution >= 4 is 17.7 Å². The van der Waals surface area contributed by atoms with Gasteiger partial charge in [0.05, 0.1) is 5.75 Å². The first-order chi connectivity index (χ1) is 9.34. The van der Waals surface area contributed by atoms with Crippen LogP contribution in [0.5, 0.6) is 0 Å². The average molecular weight is 278 g/mol. The molecule has 0 aliphatic rings. The minimum absolute atomic E-state index is 0.0176. The van der Waals surface area contributed by atoms with Crippen molar-refractivity contribution in [2.75, 3.05) is 12.3 Å². The van der Waals surface area contributed by atoms with Gasteiger partial charge in [0.15, 0.2) is 5.16 Å². The monoisotopic (exact) mass is 278 g/mol. The number of rotatable bonds is 7. The number of hydrogen-bond donors (Lipinski definition) is 1. The molecule has 100 valence electrons. The van der Waals surface area contributed by atoms with Gasteiger partial charge >= 0.3 is 0 Å². The van der Waals surface area contributed by atoms with Crippen LogP contribution < -0.4 is 5.32 Å². The van der Waals surface area contributed by atoms with Crippen LogP contribution >= 0.6 is 11.8 Å². The van der Waals surface area contributed by atoms with Crippen molar-refractivity contribution < 1.29 is 4.79 Å². The molecule has 0 aliphatic heterocycles. The molecule has 1 amide bonds. The standard InChI is InChI=1S/C11H14N6OS/c18-10(7-19-11-14-3-1-4-15-11)13-5-2-6-17-9-12-8-16-17/h1,3-4,8-9H,2,5-7H2,(H,13,18). The molecular formula is C11H14N6OS. The van der Waals surface area contributed by atoms with Gasteiger partial charge in [-0.05, 0) is 12.5 Å². The van der Waals surface area contributed by atoms with Crippen molar-refractivity contribution in [3.8, 4) is 0 Å². The number of aryl methyl sites for hydroxylation is 1. The quantitative estimate of drug-likeness (QED) is 0.447. The van der Waals surface area contributed by atoms with Crippen molar-refractivity contribution in [2.45, 2.75) is 18.1 Å². The lowest BCUT2D eigenvalue weighted by Crippen LogP contribution is -2.27. The van der Waals surface area contributed by atoms with E-state index in [1.54, 1.807) is 29.5 Å². The molecule has 0 fully saturated rings. The maximum absolute atomic E-state index is 11.6. The summed E-state index contributed by atoms with van der Waals surface area (Å²) in [6.07, 6.45) is 7.29. The average Bonchev–Trinajstić information content (AvgIpc) is 2.96. The third kappa shape index (κ3) is 5.04. The van der Waals surface area contributed by atoms with Crippen molar-refractivity contribution in [2.24, 2.45) is 0 Å². The molecule has 0 unspecified atom stereocenters. The Balaban J connectivity index is 1.57. The van der Waals surface area contributed by atoms with Gasteiger partial charge in [-0.25, -0.2) is 15.0 Å². The SMILES string of the molecule is O=C(CSc1ncccn1)NCCCn1cncn1. The lowest BCUT2D eigenvalue weighted by atomic mass is 10.4. The van der Waals surface area contributed by atoms with Gasteiger partial charge in [0.25, 0.3) is 0 Å². The summed E-state index contributed by atoms with van der Waals surface area (Å²) in [4.78, 5) is 23.5. The molecule has 0 spiro atoms. The van der Waals surface area contributed by atoms with Crippen LogP contribution in [0.25, 0.3) is 0 Å². The third-order valence-electron chi connectivity index (χ3n) is 2.23. The van der Waals surface area contributed by atoms with Crippen LogP contribution in [0.3, 0.4) is 0 Å². The zero-order valence-corrected chi connectivity index (χ0v) is 11.1. The Morgan fingerprint density at radius 3 is 2.95 bits per heavy atom. The van der Waals surface area contributed by atoms with Crippen molar-refractivity contribution in [3.05, 3.63) is 31.1 Å².